The van der Waals surface area contributed by atoms with E-state index in [0.717, 1.165) is 24.7 Å². The number of halogens is 5. The summed E-state index contributed by atoms with van der Waals surface area (Å²) >= 11 is 0. The van der Waals surface area contributed by atoms with Crippen molar-refractivity contribution in [3.8, 4) is 5.75 Å². The highest BCUT2D eigenvalue weighted by Crippen LogP contribution is 2.45. The summed E-state index contributed by atoms with van der Waals surface area (Å²) in [7, 11) is 0. The van der Waals surface area contributed by atoms with Crippen LogP contribution in [-0.4, -0.2) is 61.0 Å². The summed E-state index contributed by atoms with van der Waals surface area (Å²) in [6.07, 6.45) is -0.555. The van der Waals surface area contributed by atoms with Crippen molar-refractivity contribution in [3.63, 3.8) is 0 Å². The van der Waals surface area contributed by atoms with Crippen LogP contribution < -0.4 is 10.1 Å². The highest BCUT2D eigenvalue weighted by atomic mass is 35.5. The molecule has 0 amide bonds. The lowest BCUT2D eigenvalue weighted by atomic mass is 10.1. The van der Waals surface area contributed by atoms with Gasteiger partial charge in [-0.05, 0) is 42.5 Å². The van der Waals surface area contributed by atoms with Crippen LogP contribution in [0.2, 0.25) is 0 Å². The average molecular weight is 551 g/mol. The molecule has 2 fully saturated rings. The van der Waals surface area contributed by atoms with Crippen molar-refractivity contribution in [1.82, 2.24) is 10.2 Å². The fraction of sp³-hybridized carbons (Fsp3) is 0.480. The van der Waals surface area contributed by atoms with Crippen molar-refractivity contribution in [2.45, 2.75) is 32.0 Å². The fourth-order valence-electron chi connectivity index (χ4n) is 4.72. The minimum absolute atomic E-state index is 0. The second kappa shape index (κ2) is 13.5. The lowest BCUT2D eigenvalue weighted by molar-refractivity contribution is -0.149. The van der Waals surface area contributed by atoms with Gasteiger partial charge < -0.3 is 19.9 Å². The van der Waals surface area contributed by atoms with E-state index in [4.69, 9.17) is 9.47 Å². The molecule has 1 saturated heterocycles. The van der Waals surface area contributed by atoms with Crippen LogP contribution in [0.5, 0.6) is 5.75 Å². The van der Waals surface area contributed by atoms with E-state index in [9.17, 15) is 23.1 Å². The van der Waals surface area contributed by atoms with Gasteiger partial charge in [-0.3, -0.25) is 4.90 Å². The summed E-state index contributed by atoms with van der Waals surface area (Å²) < 4.78 is 51.4. The van der Waals surface area contributed by atoms with Gasteiger partial charge in [0.1, 0.15) is 18.2 Å². The highest BCUT2D eigenvalue weighted by molar-refractivity contribution is 5.85. The Bertz CT molecular complexity index is 1000. The van der Waals surface area contributed by atoms with E-state index in [2.05, 4.69) is 10.2 Å². The minimum Gasteiger partial charge on any atom is -0.492 e. The van der Waals surface area contributed by atoms with Gasteiger partial charge in [-0.1, -0.05) is 12.1 Å². The van der Waals surface area contributed by atoms with E-state index in [1.807, 2.05) is 24.3 Å². The third-order valence-electron chi connectivity index (χ3n) is 6.49. The van der Waals surface area contributed by atoms with Gasteiger partial charge in [-0.2, -0.15) is 0 Å². The largest absolute Gasteiger partial charge is 0.492 e. The van der Waals surface area contributed by atoms with Gasteiger partial charge in [-0.25, -0.2) is 18.0 Å². The first kappa shape index (κ1) is 30.2. The summed E-state index contributed by atoms with van der Waals surface area (Å²) in [6, 6.07) is 9.26. The zero-order chi connectivity index (χ0) is 24.2. The lowest BCUT2D eigenvalue weighted by Gasteiger charge is -2.20. The van der Waals surface area contributed by atoms with E-state index in [1.54, 1.807) is 6.92 Å². The van der Waals surface area contributed by atoms with Crippen molar-refractivity contribution in [1.29, 1.82) is 0 Å². The summed E-state index contributed by atoms with van der Waals surface area (Å²) in [6.45, 7) is 5.16. The van der Waals surface area contributed by atoms with Crippen molar-refractivity contribution < 1.29 is 32.5 Å². The maximum atomic E-state index is 13.9. The zero-order valence-electron chi connectivity index (χ0n) is 19.8. The molecule has 200 valence electrons. The fourth-order valence-corrected chi connectivity index (χ4v) is 4.72. The number of aliphatic carboxylic acids is 1. The second-order valence-electron chi connectivity index (χ2n) is 8.84. The van der Waals surface area contributed by atoms with Crippen LogP contribution in [0.4, 0.5) is 13.2 Å². The first-order valence-electron chi connectivity index (χ1n) is 11.5. The Morgan fingerprint density at radius 2 is 1.72 bits per heavy atom. The maximum absolute atomic E-state index is 13.9. The van der Waals surface area contributed by atoms with Crippen LogP contribution in [0.25, 0.3) is 0 Å². The first-order valence-corrected chi connectivity index (χ1v) is 11.5. The van der Waals surface area contributed by atoms with Gasteiger partial charge in [0, 0.05) is 56.9 Å². The third-order valence-corrected chi connectivity index (χ3v) is 6.49. The summed E-state index contributed by atoms with van der Waals surface area (Å²) in [5.74, 6) is -2.22. The van der Waals surface area contributed by atoms with E-state index < -0.39 is 29.5 Å². The van der Waals surface area contributed by atoms with Gasteiger partial charge in [0.25, 0.3) is 0 Å². The molecule has 6 nitrogen and oxygen atoms in total. The number of carboxylic acids is 1. The molecule has 36 heavy (non-hydrogen) atoms. The second-order valence-corrected chi connectivity index (χ2v) is 8.84. The topological polar surface area (TPSA) is 71.0 Å². The molecule has 2 aliphatic rings. The first-order chi connectivity index (χ1) is 16.4. The molecular formula is C25H31Cl2F3N2O4. The molecule has 0 radical (unpaired) electrons. The molecule has 2 aromatic rings. The molecular weight excluding hydrogens is 520 g/mol. The normalized spacial score (nSPS) is 21.2. The molecule has 4 atom stereocenters. The van der Waals surface area contributed by atoms with Crippen molar-refractivity contribution in [2.75, 3.05) is 32.8 Å². The molecule has 4 rings (SSSR count). The van der Waals surface area contributed by atoms with Crippen LogP contribution in [0.15, 0.2) is 36.4 Å². The number of ether oxygens (including phenoxy) is 2. The number of hydrogen-bond acceptors (Lipinski definition) is 5. The van der Waals surface area contributed by atoms with Gasteiger partial charge >= 0.3 is 5.97 Å². The Kier molecular flexibility index (Phi) is 11.3. The Morgan fingerprint density at radius 1 is 1.08 bits per heavy atom. The van der Waals surface area contributed by atoms with Crippen molar-refractivity contribution in [3.05, 3.63) is 65.0 Å². The maximum Gasteiger partial charge on any atom is 0.333 e. The Hall–Kier alpha value is -2.04. The monoisotopic (exact) mass is 550 g/mol. The number of carbonyl (C=O) groups is 1. The highest BCUT2D eigenvalue weighted by Gasteiger charge is 2.55. The zero-order valence-corrected chi connectivity index (χ0v) is 21.4. The number of nitrogens with zero attached hydrogens (tertiary/aromatic N) is 1. The van der Waals surface area contributed by atoms with Crippen LogP contribution in [-0.2, 0) is 22.5 Å². The van der Waals surface area contributed by atoms with Gasteiger partial charge in [-0.15, -0.1) is 24.8 Å². The number of piperidine rings is 1. The Morgan fingerprint density at radius 3 is 2.33 bits per heavy atom. The van der Waals surface area contributed by atoms with Gasteiger partial charge in [0.2, 0.25) is 0 Å². The smallest absolute Gasteiger partial charge is 0.333 e. The molecule has 0 spiro atoms. The number of hydrogen-bond donors (Lipinski definition) is 2. The van der Waals surface area contributed by atoms with Crippen molar-refractivity contribution in [2.24, 2.45) is 11.8 Å². The summed E-state index contributed by atoms with van der Waals surface area (Å²) in [5.41, 5.74) is 1.05. The Labute approximate surface area is 221 Å². The quantitative estimate of drug-likeness (QED) is 0.306. The van der Waals surface area contributed by atoms with Crippen molar-refractivity contribution >= 4 is 30.8 Å². The Balaban J connectivity index is 0.00000228. The predicted molar refractivity (Wildman–Crippen MR) is 134 cm³/mol. The van der Waals surface area contributed by atoms with E-state index in [-0.39, 0.29) is 36.9 Å². The molecule has 1 aliphatic heterocycles. The lowest BCUT2D eigenvalue weighted by Crippen LogP contribution is -2.33. The molecule has 11 heteroatoms. The van der Waals surface area contributed by atoms with Gasteiger partial charge in [0.05, 0.1) is 0 Å². The van der Waals surface area contributed by atoms with Gasteiger partial charge in [0.15, 0.2) is 17.7 Å². The molecule has 1 aliphatic carbocycles. The summed E-state index contributed by atoms with van der Waals surface area (Å²) in [4.78, 5) is 13.3. The number of carboxylic acid groups (broad SMARTS) is 1. The van der Waals surface area contributed by atoms with Crippen LogP contribution in [0.1, 0.15) is 18.1 Å². The number of nitrogens with one attached hydrogen (secondary N) is 1. The summed E-state index contributed by atoms with van der Waals surface area (Å²) in [5, 5.41) is 12.7. The SMILES string of the molecule is CCO[C@H](Cc1ccc(OCCNC2[C@H]3CN(Cc4cc(F)c(F)cc4F)C[C@@H]23)cc1)C(=O)O.Cl.Cl. The van der Waals surface area contributed by atoms with E-state index >= 15 is 0 Å². The number of fused-ring (bicyclic) bond motifs is 1. The minimum atomic E-state index is -1.17. The average Bonchev–Trinajstić information content (AvgIpc) is 3.25. The molecule has 1 saturated carbocycles. The molecule has 2 aromatic carbocycles. The molecule has 1 heterocycles. The molecule has 1 unspecified atom stereocenters. The van der Waals surface area contributed by atoms with Crippen LogP contribution in [0, 0.1) is 29.3 Å². The number of rotatable bonds is 12. The molecule has 0 bridgehead atoms. The standard InChI is InChI=1S/C25H29F3N2O4.2ClH/c1-2-33-23(25(31)32)9-15-3-5-17(6-4-15)34-8-7-29-24-18-13-30(14-19(18)24)12-16-10-21(27)22(28)11-20(16)26;;/h3-6,10-11,18-19,23-24,29H,2,7-9,12-14H2,1H3,(H,31,32);2*1H/t18-,19+,23-,24?;;/m1../s1. The predicted octanol–water partition coefficient (Wildman–Crippen LogP) is 4.08. The van der Waals surface area contributed by atoms with Crippen LogP contribution in [0.3, 0.4) is 0 Å². The van der Waals surface area contributed by atoms with E-state index in [0.29, 0.717) is 55.9 Å². The molecule has 2 N–H and O–H groups in total. The van der Waals surface area contributed by atoms with Crippen LogP contribution >= 0.6 is 24.8 Å². The van der Waals surface area contributed by atoms with E-state index in [1.165, 1.54) is 0 Å². The number of likely N-dealkylation sites (tertiary alicyclic amines) is 1. The molecule has 0 aromatic heterocycles. The number of benzene rings is 2. The third kappa shape index (κ3) is 7.49.